The second-order valence-electron chi connectivity index (χ2n) is 3.80. The number of thiophene rings is 1. The molecule has 2 aromatic heterocycles. The first kappa shape index (κ1) is 11.4. The molecule has 0 radical (unpaired) electrons. The number of rotatable bonds is 2. The number of anilines is 1. The number of benzene rings is 1. The molecule has 0 bridgehead atoms. The van der Waals surface area contributed by atoms with Gasteiger partial charge in [0.05, 0.1) is 10.2 Å². The highest BCUT2D eigenvalue weighted by Gasteiger charge is 2.11. The molecule has 1 aromatic carbocycles. The van der Waals surface area contributed by atoms with E-state index < -0.39 is 0 Å². The van der Waals surface area contributed by atoms with Crippen molar-refractivity contribution in [2.75, 3.05) is 12.4 Å². The van der Waals surface area contributed by atoms with E-state index in [4.69, 9.17) is 11.6 Å². The van der Waals surface area contributed by atoms with Crippen LogP contribution in [-0.4, -0.2) is 17.0 Å². The van der Waals surface area contributed by atoms with E-state index in [2.05, 4.69) is 26.7 Å². The third-order valence-electron chi connectivity index (χ3n) is 2.77. The monoisotopic (exact) mass is 275 g/mol. The van der Waals surface area contributed by atoms with Crippen molar-refractivity contribution in [3.8, 4) is 11.1 Å². The van der Waals surface area contributed by atoms with Gasteiger partial charge in [-0.2, -0.15) is 0 Å². The number of halogens is 1. The standard InChI is InChI=1S/C13H10ClN3S/c1-15-10-5-3-2-4-8(10)9-7-18-11-6-16-13(14)17-12(9)11/h2-7,15H,1H3. The molecular weight excluding hydrogens is 266 g/mol. The van der Waals surface area contributed by atoms with Crippen molar-refractivity contribution in [2.24, 2.45) is 0 Å². The maximum absolute atomic E-state index is 5.88. The number of hydrogen-bond acceptors (Lipinski definition) is 4. The van der Waals surface area contributed by atoms with Crippen LogP contribution in [-0.2, 0) is 0 Å². The maximum atomic E-state index is 5.88. The topological polar surface area (TPSA) is 37.8 Å². The van der Waals surface area contributed by atoms with Crippen LogP contribution in [0.1, 0.15) is 0 Å². The zero-order chi connectivity index (χ0) is 12.5. The Balaban J connectivity index is 2.28. The molecule has 0 spiro atoms. The highest BCUT2D eigenvalue weighted by Crippen LogP contribution is 2.36. The van der Waals surface area contributed by atoms with Crippen LogP contribution in [0.2, 0.25) is 5.28 Å². The van der Waals surface area contributed by atoms with Crippen LogP contribution in [0, 0.1) is 0 Å². The number of para-hydroxylation sites is 1. The minimum Gasteiger partial charge on any atom is -0.388 e. The summed E-state index contributed by atoms with van der Waals surface area (Å²) in [5.74, 6) is 0. The summed E-state index contributed by atoms with van der Waals surface area (Å²) in [6.07, 6.45) is 1.76. The molecule has 5 heteroatoms. The minimum absolute atomic E-state index is 0.282. The van der Waals surface area contributed by atoms with E-state index >= 15 is 0 Å². The Morgan fingerprint density at radius 3 is 2.89 bits per heavy atom. The van der Waals surface area contributed by atoms with Crippen molar-refractivity contribution in [1.29, 1.82) is 0 Å². The van der Waals surface area contributed by atoms with Crippen LogP contribution < -0.4 is 5.32 Å². The number of nitrogens with zero attached hydrogens (tertiary/aromatic N) is 2. The summed E-state index contributed by atoms with van der Waals surface area (Å²) < 4.78 is 1.04. The molecule has 2 heterocycles. The Morgan fingerprint density at radius 1 is 1.22 bits per heavy atom. The summed E-state index contributed by atoms with van der Waals surface area (Å²) in [6, 6.07) is 8.14. The van der Waals surface area contributed by atoms with Crippen molar-refractivity contribution in [2.45, 2.75) is 0 Å². The van der Waals surface area contributed by atoms with Gasteiger partial charge in [-0.25, -0.2) is 9.97 Å². The summed E-state index contributed by atoms with van der Waals surface area (Å²) in [5, 5.41) is 5.56. The van der Waals surface area contributed by atoms with Gasteiger partial charge >= 0.3 is 0 Å². The average Bonchev–Trinajstić information content (AvgIpc) is 2.81. The molecule has 0 aliphatic rings. The van der Waals surface area contributed by atoms with Gasteiger partial charge in [0.2, 0.25) is 5.28 Å². The Bertz CT molecular complexity index is 708. The van der Waals surface area contributed by atoms with E-state index in [1.807, 2.05) is 25.2 Å². The van der Waals surface area contributed by atoms with Crippen molar-refractivity contribution in [1.82, 2.24) is 9.97 Å². The molecular formula is C13H10ClN3S. The lowest BCUT2D eigenvalue weighted by Crippen LogP contribution is -1.91. The van der Waals surface area contributed by atoms with Gasteiger partial charge in [0.25, 0.3) is 0 Å². The fourth-order valence-electron chi connectivity index (χ4n) is 1.93. The average molecular weight is 276 g/mol. The zero-order valence-corrected chi connectivity index (χ0v) is 11.2. The van der Waals surface area contributed by atoms with Gasteiger partial charge in [0, 0.05) is 35.4 Å². The van der Waals surface area contributed by atoms with E-state index in [0.717, 1.165) is 27.0 Å². The lowest BCUT2D eigenvalue weighted by molar-refractivity contribution is 1.23. The van der Waals surface area contributed by atoms with Crippen molar-refractivity contribution < 1.29 is 0 Å². The van der Waals surface area contributed by atoms with Gasteiger partial charge in [-0.05, 0) is 17.7 Å². The van der Waals surface area contributed by atoms with E-state index in [1.54, 1.807) is 17.5 Å². The zero-order valence-electron chi connectivity index (χ0n) is 9.64. The van der Waals surface area contributed by atoms with Gasteiger partial charge < -0.3 is 5.32 Å². The third kappa shape index (κ3) is 1.83. The fraction of sp³-hybridized carbons (Fsp3) is 0.0769. The van der Waals surface area contributed by atoms with E-state index in [1.165, 1.54) is 0 Å². The summed E-state index contributed by atoms with van der Waals surface area (Å²) in [4.78, 5) is 8.33. The molecule has 3 rings (SSSR count). The first-order valence-corrected chi connectivity index (χ1v) is 6.72. The smallest absolute Gasteiger partial charge is 0.222 e. The molecule has 1 N–H and O–H groups in total. The van der Waals surface area contributed by atoms with Gasteiger partial charge in [-0.15, -0.1) is 11.3 Å². The fourth-order valence-corrected chi connectivity index (χ4v) is 2.93. The summed E-state index contributed by atoms with van der Waals surface area (Å²) in [7, 11) is 1.91. The van der Waals surface area contributed by atoms with Gasteiger partial charge in [0.15, 0.2) is 0 Å². The highest BCUT2D eigenvalue weighted by molar-refractivity contribution is 7.17. The Morgan fingerprint density at radius 2 is 2.06 bits per heavy atom. The number of nitrogens with one attached hydrogen (secondary N) is 1. The lowest BCUT2D eigenvalue weighted by atomic mass is 10.1. The molecule has 0 aliphatic carbocycles. The van der Waals surface area contributed by atoms with Gasteiger partial charge in [-0.1, -0.05) is 18.2 Å². The van der Waals surface area contributed by atoms with Crippen LogP contribution >= 0.6 is 22.9 Å². The number of aromatic nitrogens is 2. The van der Waals surface area contributed by atoms with E-state index in [-0.39, 0.29) is 5.28 Å². The molecule has 0 aliphatic heterocycles. The first-order valence-electron chi connectivity index (χ1n) is 5.46. The predicted octanol–water partition coefficient (Wildman–Crippen LogP) is 4.05. The van der Waals surface area contributed by atoms with Crippen LogP contribution in [0.15, 0.2) is 35.8 Å². The Labute approximate surface area is 113 Å². The summed E-state index contributed by atoms with van der Waals surface area (Å²) in [6.45, 7) is 0. The molecule has 0 fully saturated rings. The molecule has 0 atom stereocenters. The van der Waals surface area contributed by atoms with Crippen LogP contribution in [0.25, 0.3) is 21.3 Å². The van der Waals surface area contributed by atoms with Crippen LogP contribution in [0.3, 0.4) is 0 Å². The Hall–Kier alpha value is -1.65. The van der Waals surface area contributed by atoms with E-state index in [0.29, 0.717) is 0 Å². The molecule has 90 valence electrons. The van der Waals surface area contributed by atoms with Crippen LogP contribution in [0.4, 0.5) is 5.69 Å². The number of fused-ring (bicyclic) bond motifs is 1. The SMILES string of the molecule is CNc1ccccc1-c1csc2cnc(Cl)nc12. The van der Waals surface area contributed by atoms with Gasteiger partial charge in [0.1, 0.15) is 0 Å². The molecule has 0 amide bonds. The summed E-state index contributed by atoms with van der Waals surface area (Å²) in [5.41, 5.74) is 4.19. The first-order chi connectivity index (χ1) is 8.79. The molecule has 3 aromatic rings. The quantitative estimate of drug-likeness (QED) is 0.717. The molecule has 18 heavy (non-hydrogen) atoms. The molecule has 0 saturated heterocycles. The highest BCUT2D eigenvalue weighted by atomic mass is 35.5. The molecule has 0 unspecified atom stereocenters. The van der Waals surface area contributed by atoms with Crippen molar-refractivity contribution in [3.63, 3.8) is 0 Å². The van der Waals surface area contributed by atoms with Gasteiger partial charge in [-0.3, -0.25) is 0 Å². The predicted molar refractivity (Wildman–Crippen MR) is 77.4 cm³/mol. The van der Waals surface area contributed by atoms with E-state index in [9.17, 15) is 0 Å². The van der Waals surface area contributed by atoms with Crippen molar-refractivity contribution >= 4 is 38.8 Å². The lowest BCUT2D eigenvalue weighted by Gasteiger charge is -2.07. The molecule has 3 nitrogen and oxygen atoms in total. The normalized spacial score (nSPS) is 10.8. The van der Waals surface area contributed by atoms with Crippen molar-refractivity contribution in [3.05, 3.63) is 41.1 Å². The minimum atomic E-state index is 0.282. The number of hydrogen-bond donors (Lipinski definition) is 1. The van der Waals surface area contributed by atoms with Crippen LogP contribution in [0.5, 0.6) is 0 Å². The second-order valence-corrected chi connectivity index (χ2v) is 5.05. The maximum Gasteiger partial charge on any atom is 0.222 e. The Kier molecular flexibility index (Phi) is 2.89. The largest absolute Gasteiger partial charge is 0.388 e. The second kappa shape index (κ2) is 4.55. The third-order valence-corrected chi connectivity index (χ3v) is 3.86. The molecule has 0 saturated carbocycles. The summed E-state index contributed by atoms with van der Waals surface area (Å²) >= 11 is 7.50.